The minimum atomic E-state index is -0.472. The Morgan fingerprint density at radius 3 is 2.67 bits per heavy atom. The van der Waals surface area contributed by atoms with Gasteiger partial charge in [-0.2, -0.15) is 0 Å². The van der Waals surface area contributed by atoms with Crippen LogP contribution in [0.2, 0.25) is 0 Å². The van der Waals surface area contributed by atoms with Gasteiger partial charge in [0.15, 0.2) is 0 Å². The molecule has 2 N–H and O–H groups in total. The molecule has 3 rings (SSSR count). The molecule has 0 aromatic heterocycles. The number of benzene rings is 1. The van der Waals surface area contributed by atoms with E-state index in [2.05, 4.69) is 22.8 Å². The van der Waals surface area contributed by atoms with E-state index in [4.69, 9.17) is 4.74 Å². The average Bonchev–Trinajstić information content (AvgIpc) is 3.08. The van der Waals surface area contributed by atoms with Crippen molar-refractivity contribution in [2.45, 2.75) is 64.1 Å². The number of hydrogen-bond acceptors (Lipinski definition) is 3. The van der Waals surface area contributed by atoms with E-state index in [1.165, 1.54) is 24.0 Å². The second kappa shape index (κ2) is 5.34. The van der Waals surface area contributed by atoms with Crippen molar-refractivity contribution < 1.29 is 9.53 Å². The molecule has 2 aliphatic rings. The maximum absolute atomic E-state index is 11.8. The van der Waals surface area contributed by atoms with Crippen LogP contribution in [0.15, 0.2) is 18.2 Å². The lowest BCUT2D eigenvalue weighted by atomic mass is 10.1. The van der Waals surface area contributed by atoms with Crippen LogP contribution in [-0.4, -0.2) is 17.7 Å². The molecule has 21 heavy (non-hydrogen) atoms. The summed E-state index contributed by atoms with van der Waals surface area (Å²) in [5.41, 5.74) is 3.06. The summed E-state index contributed by atoms with van der Waals surface area (Å²) < 4.78 is 5.28. The number of ether oxygens (including phenoxy) is 1. The molecule has 1 fully saturated rings. The van der Waals surface area contributed by atoms with Crippen molar-refractivity contribution >= 4 is 11.8 Å². The third-order valence-corrected chi connectivity index (χ3v) is 3.88. The van der Waals surface area contributed by atoms with Crippen LogP contribution in [0.1, 0.15) is 57.2 Å². The second-order valence-electron chi connectivity index (χ2n) is 7.07. The molecule has 4 nitrogen and oxygen atoms in total. The molecule has 0 bridgehead atoms. The van der Waals surface area contributed by atoms with Crippen molar-refractivity contribution in [3.8, 4) is 0 Å². The van der Waals surface area contributed by atoms with Crippen LogP contribution in [0.4, 0.5) is 10.5 Å². The molecule has 0 radical (unpaired) electrons. The molecule has 0 spiro atoms. The van der Waals surface area contributed by atoms with Crippen LogP contribution >= 0.6 is 0 Å². The van der Waals surface area contributed by atoms with Crippen molar-refractivity contribution in [2.75, 3.05) is 5.32 Å². The quantitative estimate of drug-likeness (QED) is 0.890. The summed E-state index contributed by atoms with van der Waals surface area (Å²) in [4.78, 5) is 11.8. The first-order valence-corrected chi connectivity index (χ1v) is 7.79. The number of aryl methyl sites for hydroxylation is 1. The first-order valence-electron chi connectivity index (χ1n) is 7.79. The zero-order valence-electron chi connectivity index (χ0n) is 13.0. The zero-order chi connectivity index (χ0) is 15.0. The Labute approximate surface area is 126 Å². The van der Waals surface area contributed by atoms with Crippen molar-refractivity contribution in [3.63, 3.8) is 0 Å². The van der Waals surface area contributed by atoms with Crippen LogP contribution in [0.5, 0.6) is 0 Å². The topological polar surface area (TPSA) is 50.4 Å². The highest BCUT2D eigenvalue weighted by molar-refractivity contribution is 5.85. The molecule has 0 saturated heterocycles. The fourth-order valence-corrected chi connectivity index (χ4v) is 2.82. The van der Waals surface area contributed by atoms with E-state index in [1.54, 1.807) is 0 Å². The highest BCUT2D eigenvalue weighted by Crippen LogP contribution is 2.35. The van der Waals surface area contributed by atoms with Crippen LogP contribution < -0.4 is 10.6 Å². The van der Waals surface area contributed by atoms with Gasteiger partial charge in [0.1, 0.15) is 5.60 Å². The van der Waals surface area contributed by atoms with E-state index in [-0.39, 0.29) is 0 Å². The molecular weight excluding hydrogens is 264 g/mol. The van der Waals surface area contributed by atoms with Gasteiger partial charge in [0.05, 0.1) is 0 Å². The fraction of sp³-hybridized carbons (Fsp3) is 0.588. The summed E-state index contributed by atoms with van der Waals surface area (Å²) >= 11 is 0. The van der Waals surface area contributed by atoms with E-state index in [1.807, 2.05) is 26.8 Å². The summed E-state index contributed by atoms with van der Waals surface area (Å²) in [6.07, 6.45) is 4.45. The maximum Gasteiger partial charge on any atom is 0.412 e. The molecule has 1 saturated carbocycles. The highest BCUT2D eigenvalue weighted by atomic mass is 16.6. The Kier molecular flexibility index (Phi) is 3.66. The van der Waals surface area contributed by atoms with E-state index >= 15 is 0 Å². The molecule has 114 valence electrons. The van der Waals surface area contributed by atoms with Crippen LogP contribution in [0.3, 0.4) is 0 Å². The summed E-state index contributed by atoms with van der Waals surface area (Å²) in [7, 11) is 0. The first kappa shape index (κ1) is 14.4. The third kappa shape index (κ3) is 3.76. The van der Waals surface area contributed by atoms with Gasteiger partial charge in [-0.05, 0) is 69.7 Å². The number of carbonyl (C=O) groups is 1. The van der Waals surface area contributed by atoms with Crippen molar-refractivity contribution in [1.29, 1.82) is 0 Å². The first-order chi connectivity index (χ1) is 9.90. The molecule has 1 atom stereocenters. The molecule has 0 aliphatic heterocycles. The molecule has 1 aromatic rings. The standard InChI is InChI=1S/C17H24N2O2/c1-17(2,3)21-16(20)19-13-7-8-14-11(10-13)4-9-15(14)18-12-5-6-12/h7-8,10,12,15,18H,4-6,9H2,1-3H3,(H,19,20). The van der Waals surface area contributed by atoms with E-state index in [9.17, 15) is 4.79 Å². The molecule has 1 unspecified atom stereocenters. The summed E-state index contributed by atoms with van der Waals surface area (Å²) in [5.74, 6) is 0. The molecule has 4 heteroatoms. The van der Waals surface area contributed by atoms with E-state index in [0.29, 0.717) is 6.04 Å². The molecule has 0 heterocycles. The number of hydrogen-bond donors (Lipinski definition) is 2. The normalized spacial score (nSPS) is 21.0. The van der Waals surface area contributed by atoms with Gasteiger partial charge < -0.3 is 10.1 Å². The predicted molar refractivity (Wildman–Crippen MR) is 83.5 cm³/mol. The van der Waals surface area contributed by atoms with Gasteiger partial charge in [-0.25, -0.2) is 4.79 Å². The maximum atomic E-state index is 11.8. The Morgan fingerprint density at radius 1 is 1.24 bits per heavy atom. The average molecular weight is 288 g/mol. The second-order valence-corrected chi connectivity index (χ2v) is 7.07. The van der Waals surface area contributed by atoms with Gasteiger partial charge >= 0.3 is 6.09 Å². The monoisotopic (exact) mass is 288 g/mol. The number of anilines is 1. The van der Waals surface area contributed by atoms with E-state index in [0.717, 1.165) is 24.6 Å². The Morgan fingerprint density at radius 2 is 2.00 bits per heavy atom. The number of rotatable bonds is 3. The van der Waals surface area contributed by atoms with Gasteiger partial charge in [0.2, 0.25) is 0 Å². The van der Waals surface area contributed by atoms with Gasteiger partial charge in [0, 0.05) is 17.8 Å². The Bertz CT molecular complexity index is 544. The predicted octanol–water partition coefficient (Wildman–Crippen LogP) is 3.77. The van der Waals surface area contributed by atoms with Crippen molar-refractivity contribution in [1.82, 2.24) is 5.32 Å². The zero-order valence-corrected chi connectivity index (χ0v) is 13.0. The lowest BCUT2D eigenvalue weighted by molar-refractivity contribution is 0.0636. The summed E-state index contributed by atoms with van der Waals surface area (Å²) in [6.45, 7) is 5.59. The third-order valence-electron chi connectivity index (χ3n) is 3.88. The van der Waals surface area contributed by atoms with Gasteiger partial charge in [-0.15, -0.1) is 0 Å². The number of fused-ring (bicyclic) bond motifs is 1. The van der Waals surface area contributed by atoms with Crippen LogP contribution in [-0.2, 0) is 11.2 Å². The van der Waals surface area contributed by atoms with Gasteiger partial charge in [-0.1, -0.05) is 6.07 Å². The van der Waals surface area contributed by atoms with Crippen LogP contribution in [0.25, 0.3) is 0 Å². The van der Waals surface area contributed by atoms with Crippen molar-refractivity contribution in [3.05, 3.63) is 29.3 Å². The lowest BCUT2D eigenvalue weighted by Crippen LogP contribution is -2.27. The smallest absolute Gasteiger partial charge is 0.412 e. The van der Waals surface area contributed by atoms with Crippen LogP contribution in [0, 0.1) is 0 Å². The molecule has 2 aliphatic carbocycles. The molecule has 1 aromatic carbocycles. The SMILES string of the molecule is CC(C)(C)OC(=O)Nc1ccc2c(c1)CCC2NC1CC1. The number of amides is 1. The molecular formula is C17H24N2O2. The highest BCUT2D eigenvalue weighted by Gasteiger charge is 2.29. The summed E-state index contributed by atoms with van der Waals surface area (Å²) in [6, 6.07) is 7.39. The Hall–Kier alpha value is -1.55. The van der Waals surface area contributed by atoms with Gasteiger partial charge in [-0.3, -0.25) is 5.32 Å². The fourth-order valence-electron chi connectivity index (χ4n) is 2.82. The summed E-state index contributed by atoms with van der Waals surface area (Å²) in [5, 5.41) is 6.50. The largest absolute Gasteiger partial charge is 0.444 e. The Balaban J connectivity index is 1.65. The van der Waals surface area contributed by atoms with E-state index < -0.39 is 11.7 Å². The minimum Gasteiger partial charge on any atom is -0.444 e. The number of carbonyl (C=O) groups excluding carboxylic acids is 1. The van der Waals surface area contributed by atoms with Crippen molar-refractivity contribution in [2.24, 2.45) is 0 Å². The van der Waals surface area contributed by atoms with Gasteiger partial charge in [0.25, 0.3) is 0 Å². The molecule has 1 amide bonds. The lowest BCUT2D eigenvalue weighted by Gasteiger charge is -2.20. The number of nitrogens with one attached hydrogen (secondary N) is 2. The minimum absolute atomic E-state index is 0.395.